The van der Waals surface area contributed by atoms with Gasteiger partial charge in [-0.25, -0.2) is 9.37 Å². The van der Waals surface area contributed by atoms with E-state index in [1.807, 2.05) is 35.7 Å². The standard InChI is InChI=1S/C21H16FN3OS/c1-26-19-9-6-16-10-14(2-3-17(16)11-19)12-23-25-21-24-20(13-27-21)15-4-7-18(22)8-5-15/h2-13H,1H3,(H,24,25)/b23-12+. The van der Waals surface area contributed by atoms with Gasteiger partial charge in [0.15, 0.2) is 0 Å². The van der Waals surface area contributed by atoms with E-state index >= 15 is 0 Å². The van der Waals surface area contributed by atoms with Crippen molar-refractivity contribution >= 4 is 33.5 Å². The highest BCUT2D eigenvalue weighted by Gasteiger charge is 2.04. The summed E-state index contributed by atoms with van der Waals surface area (Å²) in [7, 11) is 1.66. The summed E-state index contributed by atoms with van der Waals surface area (Å²) >= 11 is 1.45. The maximum Gasteiger partial charge on any atom is 0.203 e. The monoisotopic (exact) mass is 377 g/mol. The van der Waals surface area contributed by atoms with Crippen LogP contribution in [0.25, 0.3) is 22.0 Å². The van der Waals surface area contributed by atoms with E-state index in [2.05, 4.69) is 21.6 Å². The van der Waals surface area contributed by atoms with Gasteiger partial charge in [0, 0.05) is 10.9 Å². The summed E-state index contributed by atoms with van der Waals surface area (Å²) in [6.45, 7) is 0. The van der Waals surface area contributed by atoms with E-state index in [-0.39, 0.29) is 5.82 Å². The molecule has 27 heavy (non-hydrogen) atoms. The lowest BCUT2D eigenvalue weighted by Gasteiger charge is -2.03. The number of ether oxygens (including phenoxy) is 1. The van der Waals surface area contributed by atoms with E-state index in [1.165, 1.54) is 23.5 Å². The second-order valence-electron chi connectivity index (χ2n) is 5.89. The van der Waals surface area contributed by atoms with Crippen molar-refractivity contribution in [3.8, 4) is 17.0 Å². The van der Waals surface area contributed by atoms with Gasteiger partial charge in [-0.15, -0.1) is 11.3 Å². The number of benzene rings is 3. The largest absolute Gasteiger partial charge is 0.497 e. The van der Waals surface area contributed by atoms with Gasteiger partial charge in [0.2, 0.25) is 5.13 Å². The molecule has 0 aliphatic carbocycles. The van der Waals surface area contributed by atoms with Crippen LogP contribution < -0.4 is 10.2 Å². The maximum absolute atomic E-state index is 13.0. The van der Waals surface area contributed by atoms with Crippen LogP contribution in [0, 0.1) is 5.82 Å². The van der Waals surface area contributed by atoms with Gasteiger partial charge in [-0.05, 0) is 58.8 Å². The van der Waals surface area contributed by atoms with Crippen LogP contribution in [0.3, 0.4) is 0 Å². The molecule has 3 aromatic carbocycles. The fraction of sp³-hybridized carbons (Fsp3) is 0.0476. The summed E-state index contributed by atoms with van der Waals surface area (Å²) in [5.74, 6) is 0.581. The molecule has 0 unspecified atom stereocenters. The Morgan fingerprint density at radius 1 is 1.04 bits per heavy atom. The van der Waals surface area contributed by atoms with Crippen molar-refractivity contribution in [2.45, 2.75) is 0 Å². The first kappa shape index (κ1) is 17.2. The smallest absolute Gasteiger partial charge is 0.203 e. The number of thiazole rings is 1. The Bertz CT molecular complexity index is 1110. The number of rotatable bonds is 5. The van der Waals surface area contributed by atoms with Gasteiger partial charge >= 0.3 is 0 Å². The van der Waals surface area contributed by atoms with Crippen LogP contribution in [0.4, 0.5) is 9.52 Å². The molecular weight excluding hydrogens is 361 g/mol. The fourth-order valence-corrected chi connectivity index (χ4v) is 3.36. The van der Waals surface area contributed by atoms with Crippen LogP contribution in [-0.4, -0.2) is 18.3 Å². The highest BCUT2D eigenvalue weighted by atomic mass is 32.1. The molecule has 0 aliphatic heterocycles. The molecule has 6 heteroatoms. The highest BCUT2D eigenvalue weighted by Crippen LogP contribution is 2.25. The third-order valence-electron chi connectivity index (χ3n) is 4.09. The van der Waals surface area contributed by atoms with Crippen LogP contribution in [0.1, 0.15) is 5.56 Å². The predicted octanol–water partition coefficient (Wildman–Crippen LogP) is 5.56. The molecule has 0 amide bonds. The van der Waals surface area contributed by atoms with Gasteiger partial charge in [-0.3, -0.25) is 5.43 Å². The summed E-state index contributed by atoms with van der Waals surface area (Å²) in [4.78, 5) is 4.47. The third-order valence-corrected chi connectivity index (χ3v) is 4.84. The molecule has 1 heterocycles. The Labute approximate surface area is 160 Å². The molecule has 134 valence electrons. The number of hydrogen-bond donors (Lipinski definition) is 1. The molecule has 0 fully saturated rings. The van der Waals surface area contributed by atoms with E-state index in [4.69, 9.17) is 4.74 Å². The maximum atomic E-state index is 13.0. The summed E-state index contributed by atoms with van der Waals surface area (Å²) < 4.78 is 18.3. The number of hydrogen-bond acceptors (Lipinski definition) is 5. The molecule has 0 bridgehead atoms. The normalized spacial score (nSPS) is 11.2. The number of aromatic nitrogens is 1. The second kappa shape index (κ2) is 7.55. The number of hydrazone groups is 1. The molecule has 0 atom stereocenters. The number of methoxy groups -OCH3 is 1. The first-order valence-corrected chi connectivity index (χ1v) is 9.17. The Hall–Kier alpha value is -3.25. The predicted molar refractivity (Wildman–Crippen MR) is 109 cm³/mol. The van der Waals surface area contributed by atoms with Crippen molar-refractivity contribution < 1.29 is 9.13 Å². The molecule has 4 aromatic rings. The summed E-state index contributed by atoms with van der Waals surface area (Å²) in [5, 5.41) is 9.08. The molecule has 0 saturated carbocycles. The number of fused-ring (bicyclic) bond motifs is 1. The SMILES string of the molecule is COc1ccc2cc(/C=N/Nc3nc(-c4ccc(F)cc4)cs3)ccc2c1. The zero-order chi connectivity index (χ0) is 18.6. The number of nitrogens with one attached hydrogen (secondary N) is 1. The molecule has 0 saturated heterocycles. The van der Waals surface area contributed by atoms with E-state index in [9.17, 15) is 4.39 Å². The molecule has 4 rings (SSSR count). The first-order chi connectivity index (χ1) is 13.2. The lowest BCUT2D eigenvalue weighted by atomic mass is 10.1. The molecule has 0 spiro atoms. The van der Waals surface area contributed by atoms with Gasteiger partial charge in [0.25, 0.3) is 0 Å². The third kappa shape index (κ3) is 3.96. The lowest BCUT2D eigenvalue weighted by molar-refractivity contribution is 0.415. The average Bonchev–Trinajstić information content (AvgIpc) is 3.17. The Balaban J connectivity index is 1.46. The van der Waals surface area contributed by atoms with E-state index in [0.29, 0.717) is 5.13 Å². The summed E-state index contributed by atoms with van der Waals surface area (Å²) in [6.07, 6.45) is 1.75. The van der Waals surface area contributed by atoms with E-state index < -0.39 is 0 Å². The molecule has 4 nitrogen and oxygen atoms in total. The number of halogens is 1. The van der Waals surface area contributed by atoms with E-state index in [0.717, 1.165) is 33.3 Å². The Morgan fingerprint density at radius 3 is 2.63 bits per heavy atom. The Kier molecular flexibility index (Phi) is 4.80. The molecule has 0 aliphatic rings. The van der Waals surface area contributed by atoms with Crippen LogP contribution in [0.15, 0.2) is 71.1 Å². The Morgan fingerprint density at radius 2 is 1.81 bits per heavy atom. The van der Waals surface area contributed by atoms with Crippen LogP contribution >= 0.6 is 11.3 Å². The number of anilines is 1. The van der Waals surface area contributed by atoms with Crippen LogP contribution in [0.5, 0.6) is 5.75 Å². The van der Waals surface area contributed by atoms with Gasteiger partial charge in [0.05, 0.1) is 19.0 Å². The molecule has 1 aromatic heterocycles. The van der Waals surface area contributed by atoms with Crippen molar-refractivity contribution in [3.63, 3.8) is 0 Å². The zero-order valence-electron chi connectivity index (χ0n) is 14.5. The molecular formula is C21H16FN3OS. The fourth-order valence-electron chi connectivity index (χ4n) is 2.69. The van der Waals surface area contributed by atoms with Crippen molar-refractivity contribution in [1.29, 1.82) is 0 Å². The van der Waals surface area contributed by atoms with Gasteiger partial charge in [0.1, 0.15) is 11.6 Å². The summed E-state index contributed by atoms with van der Waals surface area (Å²) in [5.41, 5.74) is 5.58. The van der Waals surface area contributed by atoms with Crippen LogP contribution in [0.2, 0.25) is 0 Å². The highest BCUT2D eigenvalue weighted by molar-refractivity contribution is 7.14. The minimum Gasteiger partial charge on any atom is -0.497 e. The summed E-state index contributed by atoms with van der Waals surface area (Å²) in [6, 6.07) is 18.3. The minimum absolute atomic E-state index is 0.259. The van der Waals surface area contributed by atoms with Crippen molar-refractivity contribution in [1.82, 2.24) is 4.98 Å². The minimum atomic E-state index is -0.259. The second-order valence-corrected chi connectivity index (χ2v) is 6.75. The zero-order valence-corrected chi connectivity index (χ0v) is 15.3. The number of nitrogens with zero attached hydrogens (tertiary/aromatic N) is 2. The molecule has 1 N–H and O–H groups in total. The quantitative estimate of drug-likeness (QED) is 0.366. The van der Waals surface area contributed by atoms with Gasteiger partial charge in [-0.2, -0.15) is 5.10 Å². The van der Waals surface area contributed by atoms with Gasteiger partial charge < -0.3 is 4.74 Å². The molecule has 0 radical (unpaired) electrons. The average molecular weight is 377 g/mol. The van der Waals surface area contributed by atoms with E-state index in [1.54, 1.807) is 25.5 Å². The topological polar surface area (TPSA) is 46.5 Å². The van der Waals surface area contributed by atoms with Crippen molar-refractivity contribution in [2.75, 3.05) is 12.5 Å². The van der Waals surface area contributed by atoms with Crippen molar-refractivity contribution in [2.24, 2.45) is 5.10 Å². The van der Waals surface area contributed by atoms with Crippen LogP contribution in [-0.2, 0) is 0 Å². The van der Waals surface area contributed by atoms with Gasteiger partial charge in [-0.1, -0.05) is 18.2 Å². The lowest BCUT2D eigenvalue weighted by Crippen LogP contribution is -1.90. The van der Waals surface area contributed by atoms with Crippen molar-refractivity contribution in [3.05, 3.63) is 77.4 Å². The first-order valence-electron chi connectivity index (χ1n) is 8.29.